The Morgan fingerprint density at radius 3 is 2.25 bits per heavy atom. The van der Waals surface area contributed by atoms with E-state index in [2.05, 4.69) is 10.2 Å². The Hall–Kier alpha value is -0.570. The van der Waals surface area contributed by atoms with E-state index < -0.39 is 0 Å². The molecule has 0 spiro atoms. The molecule has 1 aliphatic carbocycles. The van der Waals surface area contributed by atoms with Crippen molar-refractivity contribution in [3.8, 4) is 0 Å². The summed E-state index contributed by atoms with van der Waals surface area (Å²) in [5.74, 6) is 0.256. The fraction of sp³-hybridized carbons (Fsp3) is 0.889. The highest BCUT2D eigenvalue weighted by Crippen LogP contribution is 2.27. The number of hydrogen-bond donors (Lipinski definition) is 1. The fourth-order valence-corrected chi connectivity index (χ4v) is 1.95. The van der Waals surface area contributed by atoms with Crippen molar-refractivity contribution in [3.05, 3.63) is 0 Å². The topological polar surface area (TPSA) is 32.3 Å². The Kier molecular flexibility index (Phi) is 2.05. The van der Waals surface area contributed by atoms with Gasteiger partial charge in [0, 0.05) is 26.1 Å². The van der Waals surface area contributed by atoms with E-state index in [1.54, 1.807) is 6.92 Å². The molecule has 2 fully saturated rings. The van der Waals surface area contributed by atoms with Crippen molar-refractivity contribution in [1.82, 2.24) is 10.2 Å². The van der Waals surface area contributed by atoms with Gasteiger partial charge in [-0.15, -0.1) is 0 Å². The maximum Gasteiger partial charge on any atom is 0.220 e. The minimum Gasteiger partial charge on any atom is -0.334 e. The molecule has 0 bridgehead atoms. The van der Waals surface area contributed by atoms with Crippen molar-refractivity contribution in [2.45, 2.75) is 38.3 Å². The molecule has 0 aromatic rings. The Bertz CT molecular complexity index is 171. The highest BCUT2D eigenvalue weighted by molar-refractivity contribution is 5.74. The highest BCUT2D eigenvalue weighted by Gasteiger charge is 2.34. The summed E-state index contributed by atoms with van der Waals surface area (Å²) >= 11 is 0. The first kappa shape index (κ1) is 8.05. The molecule has 1 amide bonds. The maximum absolute atomic E-state index is 11.3. The number of nitrogens with one attached hydrogen (secondary N) is 1. The quantitative estimate of drug-likeness (QED) is 0.645. The summed E-state index contributed by atoms with van der Waals surface area (Å²) in [5.41, 5.74) is 0. The smallest absolute Gasteiger partial charge is 0.220 e. The third kappa shape index (κ3) is 1.22. The van der Waals surface area contributed by atoms with Crippen molar-refractivity contribution < 1.29 is 4.79 Å². The predicted molar refractivity (Wildman–Crippen MR) is 46.8 cm³/mol. The monoisotopic (exact) mass is 168 g/mol. The van der Waals surface area contributed by atoms with Gasteiger partial charge in [0.2, 0.25) is 5.91 Å². The summed E-state index contributed by atoms with van der Waals surface area (Å²) in [4.78, 5) is 13.4. The molecule has 1 N–H and O–H groups in total. The molecule has 2 rings (SSSR count). The molecule has 3 heteroatoms. The van der Waals surface area contributed by atoms with Crippen LogP contribution in [0.15, 0.2) is 0 Å². The van der Waals surface area contributed by atoms with Crippen LogP contribution in [0.25, 0.3) is 0 Å². The molecule has 0 unspecified atom stereocenters. The largest absolute Gasteiger partial charge is 0.334 e. The van der Waals surface area contributed by atoms with E-state index in [0.29, 0.717) is 12.1 Å². The van der Waals surface area contributed by atoms with Crippen molar-refractivity contribution in [1.29, 1.82) is 0 Å². The average Bonchev–Trinajstić information content (AvgIpc) is 1.77. The standard InChI is InChI=1S/C9H16N2O/c1-7(12)11(8-3-2-4-8)9-5-10-6-9/h8-10H,2-6H2,1H3. The molecule has 68 valence electrons. The molecule has 12 heavy (non-hydrogen) atoms. The van der Waals surface area contributed by atoms with Gasteiger partial charge in [-0.05, 0) is 19.3 Å². The van der Waals surface area contributed by atoms with Gasteiger partial charge in [0.15, 0.2) is 0 Å². The van der Waals surface area contributed by atoms with Crippen molar-refractivity contribution in [2.75, 3.05) is 13.1 Å². The average molecular weight is 168 g/mol. The molecule has 1 saturated heterocycles. The van der Waals surface area contributed by atoms with Gasteiger partial charge in [0.1, 0.15) is 0 Å². The van der Waals surface area contributed by atoms with Crippen LogP contribution < -0.4 is 5.32 Å². The van der Waals surface area contributed by atoms with Crippen LogP contribution in [0.2, 0.25) is 0 Å². The van der Waals surface area contributed by atoms with E-state index in [9.17, 15) is 4.79 Å². The molecule has 1 aliphatic heterocycles. The lowest BCUT2D eigenvalue weighted by molar-refractivity contribution is -0.137. The number of amides is 1. The van der Waals surface area contributed by atoms with E-state index in [1.807, 2.05) is 0 Å². The fourth-order valence-electron chi connectivity index (χ4n) is 1.95. The Balaban J connectivity index is 1.95. The zero-order chi connectivity index (χ0) is 8.55. The van der Waals surface area contributed by atoms with Crippen LogP contribution in [-0.4, -0.2) is 36.0 Å². The van der Waals surface area contributed by atoms with Gasteiger partial charge in [0.05, 0.1) is 6.04 Å². The Labute approximate surface area is 73.1 Å². The summed E-state index contributed by atoms with van der Waals surface area (Å²) < 4.78 is 0. The summed E-state index contributed by atoms with van der Waals surface area (Å²) in [6.07, 6.45) is 3.74. The Morgan fingerprint density at radius 1 is 1.33 bits per heavy atom. The van der Waals surface area contributed by atoms with Crippen molar-refractivity contribution in [2.24, 2.45) is 0 Å². The second kappa shape index (κ2) is 3.05. The molecule has 1 heterocycles. The minimum absolute atomic E-state index is 0.256. The van der Waals surface area contributed by atoms with Gasteiger partial charge >= 0.3 is 0 Å². The highest BCUT2D eigenvalue weighted by atomic mass is 16.2. The van der Waals surface area contributed by atoms with Crippen molar-refractivity contribution in [3.63, 3.8) is 0 Å². The van der Waals surface area contributed by atoms with Gasteiger partial charge in [-0.1, -0.05) is 0 Å². The number of nitrogens with zero attached hydrogens (tertiary/aromatic N) is 1. The molecule has 0 aromatic heterocycles. The van der Waals surface area contributed by atoms with Crippen molar-refractivity contribution >= 4 is 5.91 Å². The van der Waals surface area contributed by atoms with Gasteiger partial charge < -0.3 is 10.2 Å². The van der Waals surface area contributed by atoms with Crippen LogP contribution >= 0.6 is 0 Å². The molecule has 0 aromatic carbocycles. The first-order valence-electron chi connectivity index (χ1n) is 4.78. The van der Waals surface area contributed by atoms with E-state index >= 15 is 0 Å². The van der Waals surface area contributed by atoms with Crippen LogP contribution in [0.5, 0.6) is 0 Å². The van der Waals surface area contributed by atoms with Crippen LogP contribution in [0.1, 0.15) is 26.2 Å². The third-order valence-electron chi connectivity index (χ3n) is 2.99. The number of hydrogen-bond acceptors (Lipinski definition) is 2. The SMILES string of the molecule is CC(=O)N(C1CCC1)C1CNC1. The van der Waals surface area contributed by atoms with Gasteiger partial charge in [-0.2, -0.15) is 0 Å². The molecular formula is C9H16N2O. The summed E-state index contributed by atoms with van der Waals surface area (Å²) in [6.45, 7) is 3.68. The second-order valence-corrected chi connectivity index (χ2v) is 3.82. The first-order valence-corrected chi connectivity index (χ1v) is 4.78. The molecule has 0 atom stereocenters. The van der Waals surface area contributed by atoms with Crippen LogP contribution in [0.3, 0.4) is 0 Å². The summed E-state index contributed by atoms with van der Waals surface area (Å²) in [7, 11) is 0. The zero-order valence-electron chi connectivity index (χ0n) is 7.55. The van der Waals surface area contributed by atoms with Crippen LogP contribution in [0.4, 0.5) is 0 Å². The number of carbonyl (C=O) groups excluding carboxylic acids is 1. The second-order valence-electron chi connectivity index (χ2n) is 3.82. The zero-order valence-corrected chi connectivity index (χ0v) is 7.55. The van der Waals surface area contributed by atoms with Gasteiger partial charge in [0.25, 0.3) is 0 Å². The molecule has 1 saturated carbocycles. The minimum atomic E-state index is 0.256. The normalized spacial score (nSPS) is 24.4. The third-order valence-corrected chi connectivity index (χ3v) is 2.99. The van der Waals surface area contributed by atoms with Crippen LogP contribution in [0, 0.1) is 0 Å². The molecule has 3 nitrogen and oxygen atoms in total. The van der Waals surface area contributed by atoms with E-state index in [-0.39, 0.29) is 5.91 Å². The lowest BCUT2D eigenvalue weighted by atomic mass is 9.89. The molecule has 0 radical (unpaired) electrons. The molecular weight excluding hydrogens is 152 g/mol. The lowest BCUT2D eigenvalue weighted by Gasteiger charge is -2.46. The van der Waals surface area contributed by atoms with Gasteiger partial charge in [-0.3, -0.25) is 4.79 Å². The first-order chi connectivity index (χ1) is 5.79. The molecule has 2 aliphatic rings. The maximum atomic E-state index is 11.3. The van der Waals surface area contributed by atoms with Crippen LogP contribution in [-0.2, 0) is 4.79 Å². The summed E-state index contributed by atoms with van der Waals surface area (Å²) in [5, 5.41) is 3.21. The van der Waals surface area contributed by atoms with Gasteiger partial charge in [-0.25, -0.2) is 0 Å². The predicted octanol–water partition coefficient (Wildman–Crippen LogP) is 0.359. The lowest BCUT2D eigenvalue weighted by Crippen LogP contribution is -2.62. The number of rotatable bonds is 2. The summed E-state index contributed by atoms with van der Waals surface area (Å²) in [6, 6.07) is 1.06. The number of carbonyl (C=O) groups is 1. The van der Waals surface area contributed by atoms with E-state index in [4.69, 9.17) is 0 Å². The van der Waals surface area contributed by atoms with E-state index in [1.165, 1.54) is 19.3 Å². The van der Waals surface area contributed by atoms with E-state index in [0.717, 1.165) is 13.1 Å². The Morgan fingerprint density at radius 2 is 2.00 bits per heavy atom.